The van der Waals surface area contributed by atoms with Gasteiger partial charge in [0, 0.05) is 29.2 Å². The summed E-state index contributed by atoms with van der Waals surface area (Å²) in [5, 5.41) is 8.22. The molecule has 0 aromatic heterocycles. The monoisotopic (exact) mass is 406 g/mol. The highest BCUT2D eigenvalue weighted by atomic mass is 35.5. The van der Waals surface area contributed by atoms with Crippen LogP contribution in [0, 0.1) is 0 Å². The SMILES string of the molecule is COc1ccc(-c2ccc(Cl)cc2)cc1CN[C@H]1CCCN[C@@H]1c1ccccc1. The molecule has 29 heavy (non-hydrogen) atoms. The number of benzene rings is 3. The molecular weight excluding hydrogens is 380 g/mol. The minimum absolute atomic E-state index is 0.329. The van der Waals surface area contributed by atoms with Crippen LogP contribution in [0.5, 0.6) is 5.75 Å². The Kier molecular flexibility index (Phi) is 6.50. The first-order valence-corrected chi connectivity index (χ1v) is 10.6. The molecule has 0 spiro atoms. The van der Waals surface area contributed by atoms with Gasteiger partial charge in [-0.05, 0) is 60.3 Å². The van der Waals surface area contributed by atoms with E-state index >= 15 is 0 Å². The fourth-order valence-corrected chi connectivity index (χ4v) is 4.22. The highest BCUT2D eigenvalue weighted by Crippen LogP contribution is 2.29. The fourth-order valence-electron chi connectivity index (χ4n) is 4.10. The van der Waals surface area contributed by atoms with Gasteiger partial charge in [-0.2, -0.15) is 0 Å². The Bertz CT molecular complexity index is 927. The molecular formula is C25H27ClN2O. The third-order valence-electron chi connectivity index (χ3n) is 5.63. The number of methoxy groups -OCH3 is 1. The molecule has 0 radical (unpaired) electrons. The van der Waals surface area contributed by atoms with Crippen molar-refractivity contribution in [1.82, 2.24) is 10.6 Å². The van der Waals surface area contributed by atoms with Crippen molar-refractivity contribution in [1.29, 1.82) is 0 Å². The van der Waals surface area contributed by atoms with Crippen LogP contribution in [0.3, 0.4) is 0 Å². The van der Waals surface area contributed by atoms with E-state index in [0.717, 1.165) is 41.4 Å². The smallest absolute Gasteiger partial charge is 0.123 e. The third kappa shape index (κ3) is 4.81. The van der Waals surface area contributed by atoms with E-state index in [1.54, 1.807) is 7.11 Å². The minimum Gasteiger partial charge on any atom is -0.496 e. The molecule has 4 rings (SSSR count). The second-order valence-corrected chi connectivity index (χ2v) is 7.94. The zero-order chi connectivity index (χ0) is 20.1. The van der Waals surface area contributed by atoms with E-state index in [0.29, 0.717) is 12.1 Å². The van der Waals surface area contributed by atoms with Crippen LogP contribution in [0.2, 0.25) is 5.02 Å². The van der Waals surface area contributed by atoms with Gasteiger partial charge in [0.1, 0.15) is 5.75 Å². The average Bonchev–Trinajstić information content (AvgIpc) is 2.79. The van der Waals surface area contributed by atoms with Crippen LogP contribution in [0.15, 0.2) is 72.8 Å². The van der Waals surface area contributed by atoms with Gasteiger partial charge in [0.05, 0.1) is 7.11 Å². The molecule has 0 amide bonds. The van der Waals surface area contributed by atoms with E-state index in [2.05, 4.69) is 71.3 Å². The number of piperidine rings is 1. The lowest BCUT2D eigenvalue weighted by Crippen LogP contribution is -2.45. The summed E-state index contributed by atoms with van der Waals surface area (Å²) in [5.41, 5.74) is 4.82. The van der Waals surface area contributed by atoms with Gasteiger partial charge in [-0.15, -0.1) is 0 Å². The zero-order valence-corrected chi connectivity index (χ0v) is 17.5. The molecule has 0 saturated carbocycles. The fraction of sp³-hybridized carbons (Fsp3) is 0.280. The predicted octanol–water partition coefficient (Wildman–Crippen LogP) is 5.60. The normalized spacial score (nSPS) is 19.1. The van der Waals surface area contributed by atoms with Gasteiger partial charge < -0.3 is 15.4 Å². The Morgan fingerprint density at radius 2 is 1.76 bits per heavy atom. The molecule has 1 heterocycles. The summed E-state index contributed by atoms with van der Waals surface area (Å²) in [7, 11) is 1.73. The molecule has 0 bridgehead atoms. The van der Waals surface area contributed by atoms with Crippen LogP contribution >= 0.6 is 11.6 Å². The average molecular weight is 407 g/mol. The Morgan fingerprint density at radius 1 is 1.00 bits per heavy atom. The van der Waals surface area contributed by atoms with Crippen molar-refractivity contribution in [3.63, 3.8) is 0 Å². The Labute approximate surface area is 178 Å². The number of halogens is 1. The highest BCUT2D eigenvalue weighted by Gasteiger charge is 2.25. The predicted molar refractivity (Wildman–Crippen MR) is 120 cm³/mol. The molecule has 2 atom stereocenters. The molecule has 3 aromatic carbocycles. The lowest BCUT2D eigenvalue weighted by Gasteiger charge is -2.34. The molecule has 150 valence electrons. The van der Waals surface area contributed by atoms with Gasteiger partial charge in [0.15, 0.2) is 0 Å². The van der Waals surface area contributed by atoms with Crippen molar-refractivity contribution in [2.45, 2.75) is 31.5 Å². The summed E-state index contributed by atoms with van der Waals surface area (Å²) in [6.07, 6.45) is 2.34. The molecule has 1 saturated heterocycles. The summed E-state index contributed by atoms with van der Waals surface area (Å²) in [5.74, 6) is 0.912. The molecule has 0 unspecified atom stereocenters. The van der Waals surface area contributed by atoms with E-state index in [1.165, 1.54) is 17.5 Å². The van der Waals surface area contributed by atoms with Gasteiger partial charge in [0.2, 0.25) is 0 Å². The lowest BCUT2D eigenvalue weighted by molar-refractivity contribution is 0.303. The summed E-state index contributed by atoms with van der Waals surface area (Å²) in [6.45, 7) is 1.83. The van der Waals surface area contributed by atoms with Crippen molar-refractivity contribution in [2.24, 2.45) is 0 Å². The van der Waals surface area contributed by atoms with Crippen LogP contribution in [0.1, 0.15) is 30.0 Å². The standard InChI is InChI=1S/C25H27ClN2O/c1-29-24-14-11-20(18-9-12-22(26)13-10-18)16-21(24)17-28-23-8-5-15-27-25(23)19-6-3-2-4-7-19/h2-4,6-7,9-14,16,23,25,27-28H,5,8,15,17H2,1H3/t23-,25+/m0/s1. The van der Waals surface area contributed by atoms with Crippen molar-refractivity contribution < 1.29 is 4.74 Å². The van der Waals surface area contributed by atoms with E-state index < -0.39 is 0 Å². The first-order chi connectivity index (χ1) is 14.2. The summed E-state index contributed by atoms with van der Waals surface area (Å²) >= 11 is 6.04. The Balaban J connectivity index is 1.53. The van der Waals surface area contributed by atoms with Crippen molar-refractivity contribution in [2.75, 3.05) is 13.7 Å². The van der Waals surface area contributed by atoms with Crippen molar-refractivity contribution in [3.05, 3.63) is 88.9 Å². The van der Waals surface area contributed by atoms with E-state index in [4.69, 9.17) is 16.3 Å². The Hall–Kier alpha value is -2.33. The van der Waals surface area contributed by atoms with Crippen LogP contribution in [0.25, 0.3) is 11.1 Å². The highest BCUT2D eigenvalue weighted by molar-refractivity contribution is 6.30. The number of nitrogens with one attached hydrogen (secondary N) is 2. The first kappa shape index (κ1) is 20.0. The van der Waals surface area contributed by atoms with E-state index in [1.807, 2.05) is 12.1 Å². The number of hydrogen-bond donors (Lipinski definition) is 2. The minimum atomic E-state index is 0.329. The van der Waals surface area contributed by atoms with Gasteiger partial charge in [-0.3, -0.25) is 0 Å². The van der Waals surface area contributed by atoms with Crippen LogP contribution in [0.4, 0.5) is 0 Å². The quantitative estimate of drug-likeness (QED) is 0.559. The number of rotatable bonds is 6. The maximum Gasteiger partial charge on any atom is 0.123 e. The topological polar surface area (TPSA) is 33.3 Å². The Morgan fingerprint density at radius 3 is 2.52 bits per heavy atom. The molecule has 1 aliphatic rings. The van der Waals surface area contributed by atoms with Crippen molar-refractivity contribution in [3.8, 4) is 16.9 Å². The summed E-state index contributed by atoms with van der Waals surface area (Å²) < 4.78 is 5.63. The van der Waals surface area contributed by atoms with Gasteiger partial charge >= 0.3 is 0 Å². The maximum atomic E-state index is 6.04. The first-order valence-electron chi connectivity index (χ1n) is 10.2. The van der Waals surface area contributed by atoms with Crippen LogP contribution in [-0.2, 0) is 6.54 Å². The summed E-state index contributed by atoms with van der Waals surface area (Å²) in [4.78, 5) is 0. The summed E-state index contributed by atoms with van der Waals surface area (Å²) in [6, 6.07) is 25.7. The maximum absolute atomic E-state index is 6.04. The molecule has 3 aromatic rings. The van der Waals surface area contributed by atoms with E-state index in [-0.39, 0.29) is 0 Å². The van der Waals surface area contributed by atoms with Gasteiger partial charge in [-0.25, -0.2) is 0 Å². The van der Waals surface area contributed by atoms with Crippen LogP contribution in [-0.4, -0.2) is 19.7 Å². The molecule has 1 aliphatic heterocycles. The third-order valence-corrected chi connectivity index (χ3v) is 5.88. The number of ether oxygens (including phenoxy) is 1. The van der Waals surface area contributed by atoms with Crippen molar-refractivity contribution >= 4 is 11.6 Å². The molecule has 0 aliphatic carbocycles. The molecule has 3 nitrogen and oxygen atoms in total. The molecule has 4 heteroatoms. The second-order valence-electron chi connectivity index (χ2n) is 7.51. The number of hydrogen-bond acceptors (Lipinski definition) is 3. The molecule has 1 fully saturated rings. The van der Waals surface area contributed by atoms with Gasteiger partial charge in [-0.1, -0.05) is 60.1 Å². The van der Waals surface area contributed by atoms with E-state index in [9.17, 15) is 0 Å². The lowest BCUT2D eigenvalue weighted by atomic mass is 9.92. The van der Waals surface area contributed by atoms with Gasteiger partial charge in [0.25, 0.3) is 0 Å². The molecule has 2 N–H and O–H groups in total. The second kappa shape index (κ2) is 9.45. The zero-order valence-electron chi connectivity index (χ0n) is 16.7. The largest absolute Gasteiger partial charge is 0.496 e. The van der Waals surface area contributed by atoms with Crippen LogP contribution < -0.4 is 15.4 Å².